The van der Waals surface area contributed by atoms with Crippen LogP contribution in [0.3, 0.4) is 0 Å². The van der Waals surface area contributed by atoms with Crippen molar-refractivity contribution >= 4 is 6.03 Å². The number of aromatic nitrogens is 1. The number of amides is 2. The number of nitrogens with one attached hydrogen (secondary N) is 2. The normalized spacial score (nSPS) is 14.6. The zero-order valence-corrected chi connectivity index (χ0v) is 11.4. The maximum Gasteiger partial charge on any atom is 0.388 e. The van der Waals surface area contributed by atoms with Crippen molar-refractivity contribution in [2.24, 2.45) is 0 Å². The summed E-state index contributed by atoms with van der Waals surface area (Å²) in [5.74, 6) is -0.157. The Labute approximate surface area is 123 Å². The maximum absolute atomic E-state index is 12.1. The van der Waals surface area contributed by atoms with Crippen LogP contribution in [0.25, 0.3) is 0 Å². The summed E-state index contributed by atoms with van der Waals surface area (Å²) in [5, 5.41) is 5.56. The number of carbonyl (C=O) groups is 1. The van der Waals surface area contributed by atoms with Gasteiger partial charge in [0.1, 0.15) is 0 Å². The molecule has 0 bridgehead atoms. The first-order chi connectivity index (χ1) is 9.63. The van der Waals surface area contributed by atoms with Crippen LogP contribution in [0.15, 0.2) is 18.3 Å². The van der Waals surface area contributed by atoms with E-state index in [1.807, 2.05) is 0 Å². The van der Waals surface area contributed by atoms with Crippen molar-refractivity contribution < 1.29 is 25.9 Å². The number of alkyl halides is 2. The lowest BCUT2D eigenvalue weighted by molar-refractivity contribution is -0.0529. The second-order valence-corrected chi connectivity index (χ2v) is 4.69. The number of urea groups is 1. The highest BCUT2D eigenvalue weighted by atomic mass is 19.3. The molecule has 2 amide bonds. The van der Waals surface area contributed by atoms with E-state index < -0.39 is 6.61 Å². The molecule has 2 N–H and O–H groups in total. The number of hydrogen-bond acceptors (Lipinski definition) is 3. The van der Waals surface area contributed by atoms with Gasteiger partial charge in [-0.1, -0.05) is 12.8 Å². The standard InChI is InChI=1S/C13H17F2N3O2.FH.2H2/c14-12(15)20-11-7-9(5-6-16-11)8-17-13(19)18-10-3-1-2-4-10;;;/h5-7,10,12H,1-4,8H2,(H2,17,18,19);3*1H. The minimum absolute atomic E-state index is 0. The molecule has 1 fully saturated rings. The zero-order valence-electron chi connectivity index (χ0n) is 11.4. The molecule has 1 heterocycles. The Morgan fingerprint density at radius 3 is 2.86 bits per heavy atom. The Balaban J connectivity index is 0. The van der Waals surface area contributed by atoms with Crippen molar-refractivity contribution in [3.8, 4) is 5.88 Å². The van der Waals surface area contributed by atoms with Gasteiger partial charge in [-0.3, -0.25) is 4.70 Å². The third-order valence-corrected chi connectivity index (χ3v) is 3.15. The molecule has 0 atom stereocenters. The molecule has 0 spiro atoms. The largest absolute Gasteiger partial charge is 0.417 e. The number of ether oxygens (including phenoxy) is 1. The first-order valence-corrected chi connectivity index (χ1v) is 6.57. The lowest BCUT2D eigenvalue weighted by atomic mass is 10.2. The van der Waals surface area contributed by atoms with Crippen LogP contribution in [-0.4, -0.2) is 23.7 Å². The summed E-state index contributed by atoms with van der Waals surface area (Å²) in [7, 11) is 0. The third-order valence-electron chi connectivity index (χ3n) is 3.15. The molecule has 0 aromatic carbocycles. The van der Waals surface area contributed by atoms with Crippen LogP contribution in [0.4, 0.5) is 18.3 Å². The van der Waals surface area contributed by atoms with Crippen LogP contribution in [0.2, 0.25) is 0 Å². The van der Waals surface area contributed by atoms with Crippen molar-refractivity contribution in [1.29, 1.82) is 0 Å². The van der Waals surface area contributed by atoms with E-state index >= 15 is 0 Å². The summed E-state index contributed by atoms with van der Waals surface area (Å²) in [6, 6.07) is 3.01. The maximum atomic E-state index is 12.1. The molecular weight excluding hydrogens is 287 g/mol. The Morgan fingerprint density at radius 1 is 1.48 bits per heavy atom. The van der Waals surface area contributed by atoms with E-state index in [1.54, 1.807) is 6.07 Å². The van der Waals surface area contributed by atoms with E-state index in [-0.39, 0.29) is 32.1 Å². The molecule has 0 radical (unpaired) electrons. The van der Waals surface area contributed by atoms with Gasteiger partial charge in [-0.2, -0.15) is 8.78 Å². The summed E-state index contributed by atoms with van der Waals surface area (Å²) < 4.78 is 28.3. The van der Waals surface area contributed by atoms with Gasteiger partial charge in [0.2, 0.25) is 5.88 Å². The van der Waals surface area contributed by atoms with Gasteiger partial charge in [0, 0.05) is 27.7 Å². The summed E-state index contributed by atoms with van der Waals surface area (Å²) in [4.78, 5) is 15.3. The molecule has 8 heteroatoms. The fraction of sp³-hybridized carbons (Fsp3) is 0.538. The first-order valence-electron chi connectivity index (χ1n) is 6.57. The Morgan fingerprint density at radius 2 is 2.19 bits per heavy atom. The topological polar surface area (TPSA) is 63.2 Å². The number of halogens is 3. The minimum Gasteiger partial charge on any atom is -0.417 e. The lowest BCUT2D eigenvalue weighted by Crippen LogP contribution is -2.40. The minimum atomic E-state index is -2.91. The number of hydrogen-bond donors (Lipinski definition) is 2. The molecule has 2 rings (SSSR count). The quantitative estimate of drug-likeness (QED) is 0.878. The summed E-state index contributed by atoms with van der Waals surface area (Å²) in [6.45, 7) is -2.67. The molecule has 21 heavy (non-hydrogen) atoms. The van der Waals surface area contributed by atoms with Gasteiger partial charge >= 0.3 is 12.6 Å². The molecule has 1 aliphatic carbocycles. The second-order valence-electron chi connectivity index (χ2n) is 4.69. The predicted octanol–water partition coefficient (Wildman–Crippen LogP) is 3.07. The summed E-state index contributed by atoms with van der Waals surface area (Å²) in [5.41, 5.74) is 0.650. The highest BCUT2D eigenvalue weighted by Gasteiger charge is 2.16. The average molecular weight is 309 g/mol. The zero-order chi connectivity index (χ0) is 14.4. The number of rotatable bonds is 5. The van der Waals surface area contributed by atoms with Crippen molar-refractivity contribution in [2.45, 2.75) is 44.9 Å². The van der Waals surface area contributed by atoms with E-state index in [0.29, 0.717) is 5.56 Å². The fourth-order valence-corrected chi connectivity index (χ4v) is 2.21. The lowest BCUT2D eigenvalue weighted by Gasteiger charge is -2.13. The molecule has 1 aromatic rings. The third kappa shape index (κ3) is 5.88. The van der Waals surface area contributed by atoms with Crippen molar-refractivity contribution in [1.82, 2.24) is 15.6 Å². The van der Waals surface area contributed by atoms with Crippen molar-refractivity contribution in [3.05, 3.63) is 23.9 Å². The van der Waals surface area contributed by atoms with E-state index in [4.69, 9.17) is 0 Å². The van der Waals surface area contributed by atoms with Crippen molar-refractivity contribution in [3.63, 3.8) is 0 Å². The molecule has 1 aliphatic rings. The Bertz CT molecular complexity index is 464. The highest BCUT2D eigenvalue weighted by molar-refractivity contribution is 5.74. The highest BCUT2D eigenvalue weighted by Crippen LogP contribution is 2.17. The summed E-state index contributed by atoms with van der Waals surface area (Å²) >= 11 is 0. The Hall–Kier alpha value is -1.99. The van der Waals surface area contributed by atoms with Crippen molar-refractivity contribution in [2.75, 3.05) is 0 Å². The van der Waals surface area contributed by atoms with Crippen LogP contribution in [0.1, 0.15) is 34.1 Å². The van der Waals surface area contributed by atoms with Gasteiger partial charge < -0.3 is 15.4 Å². The average Bonchev–Trinajstić information content (AvgIpc) is 2.89. The smallest absolute Gasteiger partial charge is 0.388 e. The van der Waals surface area contributed by atoms with Crippen LogP contribution in [-0.2, 0) is 6.54 Å². The Kier molecular flexibility index (Phi) is 6.77. The van der Waals surface area contributed by atoms with Crippen LogP contribution in [0.5, 0.6) is 5.88 Å². The van der Waals surface area contributed by atoms with Crippen LogP contribution < -0.4 is 15.4 Å². The van der Waals surface area contributed by atoms with Gasteiger partial charge in [-0.05, 0) is 24.5 Å². The van der Waals surface area contributed by atoms with Crippen LogP contribution in [0, 0.1) is 0 Å². The van der Waals surface area contributed by atoms with E-state index in [2.05, 4.69) is 20.4 Å². The molecule has 0 unspecified atom stereocenters. The van der Waals surface area contributed by atoms with Gasteiger partial charge in [0.05, 0.1) is 0 Å². The molecule has 0 aliphatic heterocycles. The SMILES string of the molecule is F.O=C(NCc1ccnc(OC(F)F)c1)NC1CCCC1.[HH].[HH]. The fourth-order valence-electron chi connectivity index (χ4n) is 2.21. The molecular formula is C13H22F3N3O2. The first kappa shape index (κ1) is 17.1. The predicted molar refractivity (Wildman–Crippen MR) is 75.2 cm³/mol. The van der Waals surface area contributed by atoms with Gasteiger partial charge in [0.25, 0.3) is 0 Å². The molecule has 1 saturated carbocycles. The molecule has 1 aromatic heterocycles. The molecule has 5 nitrogen and oxygen atoms in total. The van der Waals surface area contributed by atoms with E-state index in [9.17, 15) is 13.6 Å². The second kappa shape index (κ2) is 8.33. The van der Waals surface area contributed by atoms with E-state index in [0.717, 1.165) is 25.7 Å². The van der Waals surface area contributed by atoms with Crippen LogP contribution >= 0.6 is 0 Å². The van der Waals surface area contributed by atoms with Gasteiger partial charge in [-0.25, -0.2) is 9.78 Å². The van der Waals surface area contributed by atoms with Gasteiger partial charge in [0.15, 0.2) is 0 Å². The summed E-state index contributed by atoms with van der Waals surface area (Å²) in [6.07, 6.45) is 5.67. The van der Waals surface area contributed by atoms with E-state index in [1.165, 1.54) is 12.3 Å². The molecule has 122 valence electrons. The number of pyridine rings is 1. The van der Waals surface area contributed by atoms with Gasteiger partial charge in [-0.15, -0.1) is 0 Å². The number of carbonyl (C=O) groups excluding carboxylic acids is 1. The monoisotopic (exact) mass is 309 g/mol. The molecule has 0 saturated heterocycles. The number of nitrogens with zero attached hydrogens (tertiary/aromatic N) is 1.